The van der Waals surface area contributed by atoms with Crippen LogP contribution in [0.5, 0.6) is 5.75 Å². The molecular weight excluding hydrogens is 314 g/mol. The molecule has 19 heavy (non-hydrogen) atoms. The number of methoxy groups -OCH3 is 1. The van der Waals surface area contributed by atoms with Gasteiger partial charge in [0.25, 0.3) is 5.56 Å². The van der Waals surface area contributed by atoms with Gasteiger partial charge in [0.15, 0.2) is 0 Å². The number of fused-ring (bicyclic) bond motifs is 1. The molecule has 1 aromatic heterocycles. The molecule has 0 aliphatic heterocycles. The maximum absolute atomic E-state index is 12.0. The third kappa shape index (κ3) is 2.02. The number of hydrogen-bond acceptors (Lipinski definition) is 3. The van der Waals surface area contributed by atoms with Crippen molar-refractivity contribution in [2.24, 2.45) is 7.05 Å². The lowest BCUT2D eigenvalue weighted by Crippen LogP contribution is -2.23. The fourth-order valence-corrected chi connectivity index (χ4v) is 2.62. The van der Waals surface area contributed by atoms with E-state index >= 15 is 0 Å². The van der Waals surface area contributed by atoms with Gasteiger partial charge in [-0.15, -0.1) is 0 Å². The van der Waals surface area contributed by atoms with E-state index in [-0.39, 0.29) is 16.7 Å². The molecule has 100 valence electrons. The van der Waals surface area contributed by atoms with Crippen LogP contribution in [-0.4, -0.2) is 22.8 Å². The smallest absolute Gasteiger partial charge is 0.336 e. The van der Waals surface area contributed by atoms with E-state index in [1.165, 1.54) is 18.6 Å². The minimum absolute atomic E-state index is 0.0175. The van der Waals surface area contributed by atoms with Crippen LogP contribution in [0.15, 0.2) is 21.4 Å². The van der Waals surface area contributed by atoms with Crippen molar-refractivity contribution in [3.05, 3.63) is 38.1 Å². The summed E-state index contributed by atoms with van der Waals surface area (Å²) in [6, 6.07) is 3.30. The number of aromatic carboxylic acids is 1. The summed E-state index contributed by atoms with van der Waals surface area (Å²) in [5.74, 6) is -0.599. The number of benzene rings is 1. The van der Waals surface area contributed by atoms with Crippen LogP contribution in [0.2, 0.25) is 0 Å². The molecule has 0 spiro atoms. The minimum atomic E-state index is -1.12. The number of pyridine rings is 1. The largest absolute Gasteiger partial charge is 0.496 e. The van der Waals surface area contributed by atoms with Gasteiger partial charge in [0.2, 0.25) is 0 Å². The number of halogens is 1. The monoisotopic (exact) mass is 325 g/mol. The van der Waals surface area contributed by atoms with Gasteiger partial charge in [-0.1, -0.05) is 0 Å². The Labute approximate surface area is 117 Å². The molecule has 0 aliphatic rings. The van der Waals surface area contributed by atoms with E-state index in [0.717, 1.165) is 0 Å². The third-order valence-corrected chi connectivity index (χ3v) is 3.73. The average molecular weight is 326 g/mol. The summed E-state index contributed by atoms with van der Waals surface area (Å²) in [7, 11) is 3.11. The van der Waals surface area contributed by atoms with E-state index in [2.05, 4.69) is 15.9 Å². The van der Waals surface area contributed by atoms with E-state index in [0.29, 0.717) is 21.1 Å². The first kappa shape index (κ1) is 13.6. The predicted octanol–water partition coefficient (Wildman–Crippen LogP) is 2.32. The second kappa shape index (κ2) is 4.70. The molecule has 6 heteroatoms. The molecular formula is C13H12BrNO4. The second-order valence-electron chi connectivity index (χ2n) is 4.17. The van der Waals surface area contributed by atoms with Crippen molar-refractivity contribution in [1.82, 2.24) is 4.57 Å². The van der Waals surface area contributed by atoms with Gasteiger partial charge in [0.1, 0.15) is 5.75 Å². The Kier molecular flexibility index (Phi) is 3.36. The zero-order valence-electron chi connectivity index (χ0n) is 10.7. The highest BCUT2D eigenvalue weighted by Gasteiger charge is 2.19. The molecule has 0 unspecified atom stereocenters. The lowest BCUT2D eigenvalue weighted by atomic mass is 10.0. The minimum Gasteiger partial charge on any atom is -0.496 e. The number of carboxylic acids is 1. The van der Waals surface area contributed by atoms with Crippen LogP contribution >= 0.6 is 15.9 Å². The Balaban J connectivity index is 3.08. The van der Waals surface area contributed by atoms with E-state index in [9.17, 15) is 14.7 Å². The Morgan fingerprint density at radius 2 is 2.05 bits per heavy atom. The fraction of sp³-hybridized carbons (Fsp3) is 0.231. The van der Waals surface area contributed by atoms with Crippen molar-refractivity contribution in [2.75, 3.05) is 7.11 Å². The number of nitrogens with zero attached hydrogens (tertiary/aromatic N) is 1. The SMILES string of the molecule is COc1cc2c(C(=O)O)c(C)c(=O)n(C)c2cc1Br. The molecule has 2 rings (SSSR count). The van der Waals surface area contributed by atoms with Gasteiger partial charge < -0.3 is 14.4 Å². The first-order valence-electron chi connectivity index (χ1n) is 5.48. The maximum atomic E-state index is 12.0. The van der Waals surface area contributed by atoms with Crippen LogP contribution in [0, 0.1) is 6.92 Å². The number of aryl methyl sites for hydroxylation is 1. The van der Waals surface area contributed by atoms with Crippen LogP contribution in [0.1, 0.15) is 15.9 Å². The van der Waals surface area contributed by atoms with Crippen molar-refractivity contribution in [3.8, 4) is 5.75 Å². The molecule has 0 saturated heterocycles. The summed E-state index contributed by atoms with van der Waals surface area (Å²) in [5.41, 5.74) is 0.457. The first-order valence-corrected chi connectivity index (χ1v) is 6.28. The number of hydrogen-bond donors (Lipinski definition) is 1. The average Bonchev–Trinajstić information content (AvgIpc) is 2.36. The Morgan fingerprint density at radius 3 is 2.58 bits per heavy atom. The van der Waals surface area contributed by atoms with Gasteiger partial charge in [-0.2, -0.15) is 0 Å². The zero-order valence-corrected chi connectivity index (χ0v) is 12.2. The topological polar surface area (TPSA) is 68.5 Å². The van der Waals surface area contributed by atoms with E-state index in [1.54, 1.807) is 19.2 Å². The normalized spacial score (nSPS) is 10.7. The number of carbonyl (C=O) groups is 1. The van der Waals surface area contributed by atoms with Gasteiger partial charge in [-0.3, -0.25) is 4.79 Å². The molecule has 0 atom stereocenters. The van der Waals surface area contributed by atoms with Crippen LogP contribution in [0.25, 0.3) is 10.9 Å². The number of rotatable bonds is 2. The molecule has 0 saturated carbocycles. The molecule has 0 bridgehead atoms. The number of ether oxygens (including phenoxy) is 1. The highest BCUT2D eigenvalue weighted by molar-refractivity contribution is 9.10. The van der Waals surface area contributed by atoms with Crippen molar-refractivity contribution in [3.63, 3.8) is 0 Å². The van der Waals surface area contributed by atoms with Gasteiger partial charge in [0, 0.05) is 18.0 Å². The van der Waals surface area contributed by atoms with Crippen molar-refractivity contribution in [1.29, 1.82) is 0 Å². The molecule has 1 N–H and O–H groups in total. The molecule has 2 aromatic rings. The van der Waals surface area contributed by atoms with Crippen LogP contribution < -0.4 is 10.3 Å². The maximum Gasteiger partial charge on any atom is 0.336 e. The Bertz CT molecular complexity index is 749. The predicted molar refractivity (Wildman–Crippen MR) is 75.1 cm³/mol. The van der Waals surface area contributed by atoms with Crippen molar-refractivity contribution < 1.29 is 14.6 Å². The molecule has 1 aromatic carbocycles. The lowest BCUT2D eigenvalue weighted by Gasteiger charge is -2.13. The van der Waals surface area contributed by atoms with Gasteiger partial charge >= 0.3 is 5.97 Å². The Morgan fingerprint density at radius 1 is 1.42 bits per heavy atom. The standard InChI is InChI=1S/C13H12BrNO4/c1-6-11(13(17)18)7-4-10(19-3)8(14)5-9(7)15(2)12(6)16/h4-5H,1-3H3,(H,17,18). The second-order valence-corrected chi connectivity index (χ2v) is 5.03. The van der Waals surface area contributed by atoms with E-state index in [4.69, 9.17) is 4.74 Å². The third-order valence-electron chi connectivity index (χ3n) is 3.12. The van der Waals surface area contributed by atoms with E-state index < -0.39 is 5.97 Å². The molecule has 0 fully saturated rings. The van der Waals surface area contributed by atoms with Crippen LogP contribution in [-0.2, 0) is 7.05 Å². The fourth-order valence-electron chi connectivity index (χ4n) is 2.12. The van der Waals surface area contributed by atoms with Crippen LogP contribution in [0.4, 0.5) is 0 Å². The first-order chi connectivity index (χ1) is 8.88. The molecule has 0 amide bonds. The Hall–Kier alpha value is -1.82. The summed E-state index contributed by atoms with van der Waals surface area (Å²) >= 11 is 3.33. The number of aromatic nitrogens is 1. The summed E-state index contributed by atoms with van der Waals surface area (Å²) in [4.78, 5) is 23.4. The lowest BCUT2D eigenvalue weighted by molar-refractivity contribution is 0.0698. The summed E-state index contributed by atoms with van der Waals surface area (Å²) in [5, 5.41) is 9.79. The molecule has 0 aliphatic carbocycles. The van der Waals surface area contributed by atoms with Crippen molar-refractivity contribution >= 4 is 32.8 Å². The zero-order chi connectivity index (χ0) is 14.3. The van der Waals surface area contributed by atoms with Crippen LogP contribution in [0.3, 0.4) is 0 Å². The van der Waals surface area contributed by atoms with Crippen molar-refractivity contribution in [2.45, 2.75) is 6.92 Å². The summed E-state index contributed by atoms with van der Waals surface area (Å²) in [6.45, 7) is 1.51. The van der Waals surface area contributed by atoms with Gasteiger partial charge in [-0.05, 0) is 35.0 Å². The summed E-state index contributed by atoms with van der Waals surface area (Å²) < 4.78 is 7.27. The highest BCUT2D eigenvalue weighted by atomic mass is 79.9. The van der Waals surface area contributed by atoms with Gasteiger partial charge in [0.05, 0.1) is 22.7 Å². The van der Waals surface area contributed by atoms with Gasteiger partial charge in [-0.25, -0.2) is 4.79 Å². The number of carboxylic acid groups (broad SMARTS) is 1. The molecule has 0 radical (unpaired) electrons. The van der Waals surface area contributed by atoms with E-state index in [1.807, 2.05) is 0 Å². The quantitative estimate of drug-likeness (QED) is 0.920. The highest BCUT2D eigenvalue weighted by Crippen LogP contribution is 2.31. The molecule has 1 heterocycles. The molecule has 5 nitrogen and oxygen atoms in total. The summed E-state index contributed by atoms with van der Waals surface area (Å²) in [6.07, 6.45) is 0.